The minimum Gasteiger partial charge on any atom is -0.508 e. The highest BCUT2D eigenvalue weighted by molar-refractivity contribution is 5.28. The molecule has 8 nitrogen and oxygen atoms in total. The van der Waals surface area contributed by atoms with Gasteiger partial charge in [-0.2, -0.15) is 0 Å². The molecule has 5 N–H and O–H groups in total. The third kappa shape index (κ3) is 12.1. The van der Waals surface area contributed by atoms with Crippen molar-refractivity contribution in [1.82, 2.24) is 10.2 Å². The first-order valence-corrected chi connectivity index (χ1v) is 16.0. The topological polar surface area (TPSA) is 115 Å². The molecule has 4 aromatic carbocycles. The molecule has 0 unspecified atom stereocenters. The van der Waals surface area contributed by atoms with Crippen molar-refractivity contribution in [3.8, 4) is 17.2 Å². The molecule has 0 fully saturated rings. The molecule has 46 heavy (non-hydrogen) atoms. The summed E-state index contributed by atoms with van der Waals surface area (Å²) in [5.74, 6) is 1.59. The largest absolute Gasteiger partial charge is 0.508 e. The van der Waals surface area contributed by atoms with Crippen LogP contribution in [0.1, 0.15) is 36.6 Å². The molecule has 0 aliphatic heterocycles. The van der Waals surface area contributed by atoms with E-state index in [0.29, 0.717) is 31.1 Å². The molecule has 246 valence electrons. The van der Waals surface area contributed by atoms with Gasteiger partial charge < -0.3 is 35.2 Å². The van der Waals surface area contributed by atoms with E-state index in [4.69, 9.17) is 9.47 Å². The van der Waals surface area contributed by atoms with Crippen molar-refractivity contribution >= 4 is 0 Å². The zero-order valence-electron chi connectivity index (χ0n) is 26.8. The Hall–Kier alpha value is -3.92. The lowest BCUT2D eigenvalue weighted by atomic mass is 10.0. The van der Waals surface area contributed by atoms with E-state index in [-0.39, 0.29) is 31.0 Å². The smallest absolute Gasteiger partial charge is 0.119 e. The number of phenolic OH excluding ortho intramolecular Hbond substituents is 1. The SMILES string of the molecule is C[C@H](Cc1ccc(C[C@@H](C)N(C[C@H](O)COc2ccccc2)C[C@H](O)COc2ccccc2)cc1)NC[C@H](O)c1ccc(O)cc1. The second-order valence-electron chi connectivity index (χ2n) is 12.0. The average Bonchev–Trinajstić information content (AvgIpc) is 3.07. The number of para-hydroxylation sites is 2. The van der Waals surface area contributed by atoms with Crippen molar-refractivity contribution < 1.29 is 29.9 Å². The second-order valence-corrected chi connectivity index (χ2v) is 12.0. The van der Waals surface area contributed by atoms with Crippen LogP contribution in [0.4, 0.5) is 0 Å². The minimum absolute atomic E-state index is 0.0329. The molecule has 8 heteroatoms. The first kappa shape index (κ1) is 34.9. The predicted molar refractivity (Wildman–Crippen MR) is 181 cm³/mol. The van der Waals surface area contributed by atoms with Gasteiger partial charge >= 0.3 is 0 Å². The highest BCUT2D eigenvalue weighted by atomic mass is 16.5. The predicted octanol–water partition coefficient (Wildman–Crippen LogP) is 4.76. The standard InChI is InChI=1S/C38H48N2O6/c1-28(39-23-38(44)32-17-19-33(41)20-18-32)21-30-13-15-31(16-14-30)22-29(2)40(24-34(42)26-45-36-9-5-3-6-10-36)25-35(43)27-46-37-11-7-4-8-12-37/h3-20,28-29,34-35,38-39,41-44H,21-27H2,1-2H3/t28-,29-,34+,35+,38+/m1/s1. The number of nitrogens with zero attached hydrogens (tertiary/aromatic N) is 1. The number of ether oxygens (including phenoxy) is 2. The second kappa shape index (κ2) is 18.3. The molecule has 0 heterocycles. The Balaban J connectivity index is 1.29. The molecule has 0 saturated carbocycles. The van der Waals surface area contributed by atoms with Gasteiger partial charge in [-0.05, 0) is 79.8 Å². The van der Waals surface area contributed by atoms with Crippen LogP contribution < -0.4 is 14.8 Å². The van der Waals surface area contributed by atoms with E-state index >= 15 is 0 Å². The number of benzene rings is 4. The Morgan fingerprint density at radius 1 is 0.630 bits per heavy atom. The van der Waals surface area contributed by atoms with Gasteiger partial charge in [0.1, 0.15) is 42.7 Å². The molecule has 0 aromatic heterocycles. The zero-order valence-corrected chi connectivity index (χ0v) is 26.8. The molecular weight excluding hydrogens is 580 g/mol. The summed E-state index contributed by atoms with van der Waals surface area (Å²) >= 11 is 0. The third-order valence-corrected chi connectivity index (χ3v) is 7.92. The number of aromatic hydroxyl groups is 1. The van der Waals surface area contributed by atoms with Crippen LogP contribution >= 0.6 is 0 Å². The summed E-state index contributed by atoms with van der Waals surface area (Å²) in [5.41, 5.74) is 3.11. The fourth-order valence-electron chi connectivity index (χ4n) is 5.33. The maximum atomic E-state index is 10.9. The molecule has 0 saturated heterocycles. The molecule has 0 spiro atoms. The van der Waals surface area contributed by atoms with Gasteiger partial charge in [-0.1, -0.05) is 72.8 Å². The van der Waals surface area contributed by atoms with E-state index in [1.165, 1.54) is 5.56 Å². The van der Waals surface area contributed by atoms with Gasteiger partial charge in [-0.25, -0.2) is 0 Å². The maximum Gasteiger partial charge on any atom is 0.119 e. The number of nitrogens with one attached hydrogen (secondary N) is 1. The molecule has 5 atom stereocenters. The number of hydrogen-bond acceptors (Lipinski definition) is 8. The molecule has 0 radical (unpaired) electrons. The quantitative estimate of drug-likeness (QED) is 0.101. The molecule has 0 amide bonds. The average molecular weight is 629 g/mol. The van der Waals surface area contributed by atoms with Crippen LogP contribution in [-0.2, 0) is 12.8 Å². The molecule has 4 rings (SSSR count). The fourth-order valence-corrected chi connectivity index (χ4v) is 5.33. The summed E-state index contributed by atoms with van der Waals surface area (Å²) in [6.07, 6.45) is -0.582. The van der Waals surface area contributed by atoms with Crippen LogP contribution in [0, 0.1) is 0 Å². The summed E-state index contributed by atoms with van der Waals surface area (Å²) in [4.78, 5) is 2.09. The van der Waals surface area contributed by atoms with Crippen LogP contribution in [0.25, 0.3) is 0 Å². The van der Waals surface area contributed by atoms with Gasteiger partial charge in [0.2, 0.25) is 0 Å². The van der Waals surface area contributed by atoms with Crippen LogP contribution in [0.5, 0.6) is 17.2 Å². The highest BCUT2D eigenvalue weighted by Gasteiger charge is 2.22. The monoisotopic (exact) mass is 628 g/mol. The number of hydrogen-bond donors (Lipinski definition) is 5. The number of aliphatic hydroxyl groups excluding tert-OH is 3. The Morgan fingerprint density at radius 2 is 1.11 bits per heavy atom. The number of phenols is 1. The van der Waals surface area contributed by atoms with Gasteiger partial charge in [-0.3, -0.25) is 4.90 Å². The normalized spacial score (nSPS) is 14.7. The summed E-state index contributed by atoms with van der Waals surface area (Å²) in [6.45, 7) is 5.60. The van der Waals surface area contributed by atoms with Gasteiger partial charge in [0.15, 0.2) is 0 Å². The van der Waals surface area contributed by atoms with Crippen molar-refractivity contribution in [1.29, 1.82) is 0 Å². The number of aliphatic hydroxyl groups is 3. The van der Waals surface area contributed by atoms with E-state index in [9.17, 15) is 20.4 Å². The van der Waals surface area contributed by atoms with Crippen molar-refractivity contribution in [3.05, 3.63) is 126 Å². The van der Waals surface area contributed by atoms with Crippen molar-refractivity contribution in [2.45, 2.75) is 57.1 Å². The molecular formula is C38H48N2O6. The van der Waals surface area contributed by atoms with E-state index in [0.717, 1.165) is 24.0 Å². The Kier molecular flexibility index (Phi) is 13.9. The van der Waals surface area contributed by atoms with Crippen molar-refractivity contribution in [2.75, 3.05) is 32.8 Å². The first-order chi connectivity index (χ1) is 22.2. The van der Waals surface area contributed by atoms with Gasteiger partial charge in [0.05, 0.1) is 6.10 Å². The lowest BCUT2D eigenvalue weighted by molar-refractivity contribution is 0.0167. The Bertz CT molecular complexity index is 1340. The number of rotatable bonds is 19. The van der Waals surface area contributed by atoms with Crippen molar-refractivity contribution in [2.24, 2.45) is 0 Å². The van der Waals surface area contributed by atoms with Crippen LogP contribution in [0.3, 0.4) is 0 Å². The molecule has 0 bridgehead atoms. The highest BCUT2D eigenvalue weighted by Crippen LogP contribution is 2.18. The Morgan fingerprint density at radius 3 is 1.61 bits per heavy atom. The lowest BCUT2D eigenvalue weighted by Gasteiger charge is -2.32. The fraction of sp³-hybridized carbons (Fsp3) is 0.368. The van der Waals surface area contributed by atoms with Crippen molar-refractivity contribution in [3.63, 3.8) is 0 Å². The summed E-state index contributed by atoms with van der Waals surface area (Å²) in [5, 5.41) is 45.1. The summed E-state index contributed by atoms with van der Waals surface area (Å²) < 4.78 is 11.6. The molecule has 0 aliphatic carbocycles. The van der Waals surface area contributed by atoms with Gasteiger partial charge in [-0.15, -0.1) is 0 Å². The molecule has 0 aliphatic rings. The molecule has 4 aromatic rings. The van der Waals surface area contributed by atoms with Crippen LogP contribution in [0.15, 0.2) is 109 Å². The van der Waals surface area contributed by atoms with Gasteiger partial charge in [0, 0.05) is 31.7 Å². The van der Waals surface area contributed by atoms with Crippen LogP contribution in [-0.4, -0.2) is 82.5 Å². The third-order valence-electron chi connectivity index (χ3n) is 7.92. The first-order valence-electron chi connectivity index (χ1n) is 16.0. The van der Waals surface area contributed by atoms with E-state index in [1.54, 1.807) is 24.3 Å². The lowest BCUT2D eigenvalue weighted by Crippen LogP contribution is -2.46. The summed E-state index contributed by atoms with van der Waals surface area (Å²) in [7, 11) is 0. The Labute approximate surface area is 272 Å². The zero-order chi connectivity index (χ0) is 32.7. The van der Waals surface area contributed by atoms with E-state index < -0.39 is 18.3 Å². The van der Waals surface area contributed by atoms with Crippen LogP contribution in [0.2, 0.25) is 0 Å². The summed E-state index contributed by atoms with van der Waals surface area (Å²) in [6, 6.07) is 34.2. The minimum atomic E-state index is -0.742. The van der Waals surface area contributed by atoms with E-state index in [2.05, 4.69) is 48.3 Å². The van der Waals surface area contributed by atoms with E-state index in [1.807, 2.05) is 60.7 Å². The van der Waals surface area contributed by atoms with Gasteiger partial charge in [0.25, 0.3) is 0 Å². The maximum absolute atomic E-state index is 10.9.